The zero-order valence-electron chi connectivity index (χ0n) is 25.2. The molecule has 5 atom stereocenters. The second-order valence-corrected chi connectivity index (χ2v) is 10.9. The number of methoxy groups -OCH3 is 1. The molecule has 0 saturated carbocycles. The van der Waals surface area contributed by atoms with Crippen molar-refractivity contribution >= 4 is 58.5 Å². The average molecular weight is 641 g/mol. The molecular formula is C31H32N2O11S. The van der Waals surface area contributed by atoms with Crippen molar-refractivity contribution in [1.29, 1.82) is 0 Å². The van der Waals surface area contributed by atoms with Crippen LogP contribution in [-0.2, 0) is 47.7 Å². The minimum atomic E-state index is -1.36. The summed E-state index contributed by atoms with van der Waals surface area (Å²) in [5.74, 6) is -2.67. The Morgan fingerprint density at radius 1 is 0.844 bits per heavy atom. The topological polar surface area (TPSA) is 156 Å². The Bertz CT molecular complexity index is 1490. The minimum Gasteiger partial charge on any atom is -0.497 e. The third-order valence-electron chi connectivity index (χ3n) is 6.43. The molecule has 45 heavy (non-hydrogen) atoms. The number of amides is 1. The Labute approximate surface area is 263 Å². The van der Waals surface area contributed by atoms with Crippen LogP contribution in [0.1, 0.15) is 33.3 Å². The van der Waals surface area contributed by atoms with Crippen LogP contribution in [0, 0.1) is 0 Å². The molecule has 0 aliphatic carbocycles. The van der Waals surface area contributed by atoms with Gasteiger partial charge in [-0.1, -0.05) is 42.1 Å². The molecule has 0 aromatic heterocycles. The van der Waals surface area contributed by atoms with Crippen molar-refractivity contribution in [2.45, 2.75) is 57.5 Å². The summed E-state index contributed by atoms with van der Waals surface area (Å²) in [5.41, 5.74) is 0.118. The summed E-state index contributed by atoms with van der Waals surface area (Å²) in [4.78, 5) is 68.0. The number of thioether (sulfide) groups is 1. The van der Waals surface area contributed by atoms with Gasteiger partial charge < -0.3 is 28.4 Å². The lowest BCUT2D eigenvalue weighted by atomic mass is 9.99. The highest BCUT2D eigenvalue weighted by Gasteiger charge is 2.53. The van der Waals surface area contributed by atoms with E-state index in [9.17, 15) is 24.0 Å². The Morgan fingerprint density at radius 2 is 1.44 bits per heavy atom. The van der Waals surface area contributed by atoms with Crippen LogP contribution in [0.25, 0.3) is 6.08 Å². The van der Waals surface area contributed by atoms with E-state index < -0.39 is 59.6 Å². The summed E-state index contributed by atoms with van der Waals surface area (Å²) in [6, 6.07) is 15.8. The van der Waals surface area contributed by atoms with Crippen molar-refractivity contribution in [2.24, 2.45) is 4.99 Å². The van der Waals surface area contributed by atoms with Crippen molar-refractivity contribution in [3.8, 4) is 5.75 Å². The second kappa shape index (κ2) is 14.9. The van der Waals surface area contributed by atoms with Gasteiger partial charge in [-0.3, -0.25) is 28.9 Å². The fraction of sp³-hybridized carbons (Fsp3) is 0.355. The number of esters is 4. The van der Waals surface area contributed by atoms with E-state index in [1.165, 1.54) is 11.8 Å². The molecule has 1 fully saturated rings. The Hall–Kier alpha value is -4.69. The number of anilines is 1. The number of ether oxygens (including phenoxy) is 6. The van der Waals surface area contributed by atoms with Crippen LogP contribution < -0.4 is 9.64 Å². The maximum absolute atomic E-state index is 13.8. The zero-order valence-corrected chi connectivity index (χ0v) is 26.0. The van der Waals surface area contributed by atoms with Crippen molar-refractivity contribution < 1.29 is 52.4 Å². The molecule has 238 valence electrons. The van der Waals surface area contributed by atoms with Crippen LogP contribution in [0.15, 0.2) is 65.3 Å². The Morgan fingerprint density at radius 3 is 2.02 bits per heavy atom. The molecule has 13 nitrogen and oxygen atoms in total. The molecule has 0 radical (unpaired) electrons. The number of carbonyl (C=O) groups excluding carboxylic acids is 5. The third kappa shape index (κ3) is 8.48. The molecule has 2 aromatic rings. The lowest BCUT2D eigenvalue weighted by Crippen LogP contribution is -2.61. The normalized spacial score (nSPS) is 23.6. The maximum Gasteiger partial charge on any atom is 0.303 e. The summed E-state index contributed by atoms with van der Waals surface area (Å²) in [7, 11) is 1.55. The summed E-state index contributed by atoms with van der Waals surface area (Å²) in [6.07, 6.45) is -3.55. The first-order valence-corrected chi connectivity index (χ1v) is 14.7. The number of hydrogen-bond donors (Lipinski definition) is 0. The number of nitrogens with zero attached hydrogens (tertiary/aromatic N) is 2. The molecule has 2 aliphatic heterocycles. The molecule has 1 amide bonds. The molecule has 0 spiro atoms. The number of hydrogen-bond acceptors (Lipinski definition) is 13. The molecule has 1 unspecified atom stereocenters. The van der Waals surface area contributed by atoms with Gasteiger partial charge in [0.2, 0.25) is 0 Å². The van der Waals surface area contributed by atoms with Crippen LogP contribution in [0.3, 0.4) is 0 Å². The van der Waals surface area contributed by atoms with Gasteiger partial charge in [-0.05, 0) is 35.9 Å². The van der Waals surface area contributed by atoms with Crippen LogP contribution in [0.2, 0.25) is 0 Å². The van der Waals surface area contributed by atoms with E-state index in [0.717, 1.165) is 32.5 Å². The lowest BCUT2D eigenvalue weighted by molar-refractivity contribution is -0.237. The number of amidine groups is 1. The largest absolute Gasteiger partial charge is 0.497 e. The van der Waals surface area contributed by atoms with Gasteiger partial charge in [0.15, 0.2) is 28.9 Å². The van der Waals surface area contributed by atoms with E-state index in [4.69, 9.17) is 28.4 Å². The standard InChI is InChI=1S/C31H32N2O11S/c1-17(34)40-16-25-26(41-18(2)35)27(42-19(3)36)28(43-20(4)37)30(44-25)45-31-32-24(15-21-11-13-23(39-5)14-12-21)29(38)33(31)22-9-7-6-8-10-22/h6-15,25-28,30H,16H2,1-5H3/t25-,26-,27+,28-,30?/m1/s1. The van der Waals surface area contributed by atoms with Gasteiger partial charge in [-0.15, -0.1) is 0 Å². The van der Waals surface area contributed by atoms with Crippen LogP contribution in [0.4, 0.5) is 5.69 Å². The van der Waals surface area contributed by atoms with Gasteiger partial charge >= 0.3 is 23.9 Å². The van der Waals surface area contributed by atoms with E-state index in [1.54, 1.807) is 67.8 Å². The van der Waals surface area contributed by atoms with Gasteiger partial charge in [-0.25, -0.2) is 4.99 Å². The van der Waals surface area contributed by atoms with E-state index in [-0.39, 0.29) is 17.5 Å². The third-order valence-corrected chi connectivity index (χ3v) is 7.53. The smallest absolute Gasteiger partial charge is 0.303 e. The fourth-order valence-corrected chi connectivity index (χ4v) is 5.82. The van der Waals surface area contributed by atoms with E-state index in [1.807, 2.05) is 0 Å². The van der Waals surface area contributed by atoms with Gasteiger partial charge in [0, 0.05) is 27.7 Å². The predicted octanol–water partition coefficient (Wildman–Crippen LogP) is 3.26. The van der Waals surface area contributed by atoms with E-state index in [2.05, 4.69) is 4.99 Å². The predicted molar refractivity (Wildman–Crippen MR) is 162 cm³/mol. The first kappa shape index (κ1) is 33.2. The van der Waals surface area contributed by atoms with Crippen molar-refractivity contribution in [1.82, 2.24) is 0 Å². The number of benzene rings is 2. The second-order valence-electron chi connectivity index (χ2n) is 9.86. The first-order valence-electron chi connectivity index (χ1n) is 13.8. The molecule has 2 heterocycles. The number of para-hydroxylation sites is 1. The summed E-state index contributed by atoms with van der Waals surface area (Å²) in [6.45, 7) is 4.24. The minimum absolute atomic E-state index is 0.108. The molecule has 0 N–H and O–H groups in total. The highest BCUT2D eigenvalue weighted by molar-refractivity contribution is 8.14. The van der Waals surface area contributed by atoms with Crippen molar-refractivity contribution in [3.05, 3.63) is 65.9 Å². The quantitative estimate of drug-likeness (QED) is 0.224. The maximum atomic E-state index is 13.8. The molecule has 0 bridgehead atoms. The molecule has 14 heteroatoms. The monoisotopic (exact) mass is 640 g/mol. The zero-order chi connectivity index (χ0) is 32.7. The Balaban J connectivity index is 1.77. The van der Waals surface area contributed by atoms with Gasteiger partial charge in [0.1, 0.15) is 24.2 Å². The Kier molecular flexibility index (Phi) is 11.0. The fourth-order valence-electron chi connectivity index (χ4n) is 4.63. The van der Waals surface area contributed by atoms with Crippen molar-refractivity contribution in [2.75, 3.05) is 18.6 Å². The molecule has 4 rings (SSSR count). The lowest BCUT2D eigenvalue weighted by Gasteiger charge is -2.44. The number of carbonyl (C=O) groups is 5. The van der Waals surface area contributed by atoms with Crippen molar-refractivity contribution in [3.63, 3.8) is 0 Å². The SMILES string of the molecule is COc1ccc(C=C2N=C(SC3O[C@H](COC(C)=O)[C@@H](OC(C)=O)[C@H](OC(C)=O)[C@H]3OC(C)=O)N(c3ccccc3)C2=O)cc1. The van der Waals surface area contributed by atoms with Gasteiger partial charge in [0.25, 0.3) is 5.91 Å². The number of aliphatic imine (C=N–C) groups is 1. The number of rotatable bonds is 9. The van der Waals surface area contributed by atoms with Crippen LogP contribution in [0.5, 0.6) is 5.75 Å². The van der Waals surface area contributed by atoms with Crippen LogP contribution in [-0.4, -0.2) is 78.5 Å². The summed E-state index contributed by atoms with van der Waals surface area (Å²) in [5, 5.41) is 0.159. The van der Waals surface area contributed by atoms with E-state index >= 15 is 0 Å². The van der Waals surface area contributed by atoms with E-state index in [0.29, 0.717) is 17.0 Å². The molecule has 2 aliphatic rings. The molecular weight excluding hydrogens is 608 g/mol. The summed E-state index contributed by atoms with van der Waals surface area (Å²) < 4.78 is 33.2. The summed E-state index contributed by atoms with van der Waals surface area (Å²) >= 11 is 0.918. The molecule has 1 saturated heterocycles. The highest BCUT2D eigenvalue weighted by Crippen LogP contribution is 2.38. The highest BCUT2D eigenvalue weighted by atomic mass is 32.2. The van der Waals surface area contributed by atoms with Crippen LogP contribution >= 0.6 is 11.8 Å². The molecule has 2 aromatic carbocycles. The first-order chi connectivity index (χ1) is 21.5. The average Bonchev–Trinajstić information content (AvgIpc) is 3.29. The van der Waals surface area contributed by atoms with Gasteiger partial charge in [-0.2, -0.15) is 0 Å². The van der Waals surface area contributed by atoms with Gasteiger partial charge in [0.05, 0.1) is 12.8 Å².